The molecule has 1 N–H and O–H groups in total. The van der Waals surface area contributed by atoms with Crippen molar-refractivity contribution in [3.8, 4) is 5.75 Å². The molecule has 0 atom stereocenters. The maximum absolute atomic E-state index is 11.3. The molecule has 0 saturated carbocycles. The molecule has 0 radical (unpaired) electrons. The van der Waals surface area contributed by atoms with E-state index in [1.165, 1.54) is 0 Å². The molecule has 0 saturated heterocycles. The summed E-state index contributed by atoms with van der Waals surface area (Å²) < 4.78 is 5.07. The third-order valence-electron chi connectivity index (χ3n) is 3.63. The molecule has 0 aliphatic carbocycles. The van der Waals surface area contributed by atoms with Crippen molar-refractivity contribution in [2.75, 3.05) is 6.61 Å². The summed E-state index contributed by atoms with van der Waals surface area (Å²) in [7, 11) is 0. The van der Waals surface area contributed by atoms with Crippen LogP contribution in [0.3, 0.4) is 0 Å². The van der Waals surface area contributed by atoms with Gasteiger partial charge in [-0.05, 0) is 48.7 Å². The van der Waals surface area contributed by atoms with Gasteiger partial charge in [-0.15, -0.1) is 5.11 Å². The Bertz CT molecular complexity index is 780. The van der Waals surface area contributed by atoms with E-state index in [-0.39, 0.29) is 11.7 Å². The number of nitrogens with zero attached hydrogens (tertiary/aromatic N) is 2. The van der Waals surface area contributed by atoms with E-state index in [1.54, 1.807) is 13.0 Å². The van der Waals surface area contributed by atoms with E-state index in [2.05, 4.69) is 16.8 Å². The lowest BCUT2D eigenvalue weighted by atomic mass is 10.1. The monoisotopic (exact) mass is 338 g/mol. The molecule has 2 aromatic carbocycles. The number of carbonyl (C=O) groups is 1. The van der Waals surface area contributed by atoms with Gasteiger partial charge in [0.15, 0.2) is 0 Å². The normalized spacial score (nSPS) is 10.8. The largest absolute Gasteiger partial charge is 0.506 e. The zero-order chi connectivity index (χ0) is 18.2. The first-order chi connectivity index (χ1) is 12.0. The van der Waals surface area contributed by atoms with E-state index in [4.69, 9.17) is 4.74 Å². The Morgan fingerprint density at radius 1 is 1.12 bits per heavy atom. The van der Waals surface area contributed by atoms with Gasteiger partial charge in [0, 0.05) is 12.0 Å². The van der Waals surface area contributed by atoms with Gasteiger partial charge in [-0.3, -0.25) is 0 Å². The molecule has 0 heterocycles. The Labute approximate surface area is 147 Å². The van der Waals surface area contributed by atoms with Crippen LogP contribution in [0.15, 0.2) is 64.8 Å². The highest BCUT2D eigenvalue weighted by Gasteiger charge is 2.03. The number of benzene rings is 2. The number of esters is 1. The van der Waals surface area contributed by atoms with Gasteiger partial charge >= 0.3 is 5.97 Å². The summed E-state index contributed by atoms with van der Waals surface area (Å²) >= 11 is 0. The lowest BCUT2D eigenvalue weighted by Crippen LogP contribution is -2.07. The van der Waals surface area contributed by atoms with Crippen LogP contribution >= 0.6 is 0 Å². The Kier molecular flexibility index (Phi) is 6.46. The van der Waals surface area contributed by atoms with Gasteiger partial charge in [0.25, 0.3) is 0 Å². The fraction of sp³-hybridized carbons (Fsp3) is 0.250. The zero-order valence-corrected chi connectivity index (χ0v) is 14.5. The van der Waals surface area contributed by atoms with Crippen molar-refractivity contribution in [3.63, 3.8) is 0 Å². The standard InChI is InChI=1S/C20H22N2O3/c1-4-15-7-10-19(23)18(13-15)22-21-17-8-5-16(6-9-17)11-12-25-20(24)14(2)3/h5-10,13,23H,2,4,11-12H2,1,3H3. The molecule has 25 heavy (non-hydrogen) atoms. The highest BCUT2D eigenvalue weighted by Crippen LogP contribution is 2.29. The molecule has 0 aliphatic heterocycles. The number of aromatic hydroxyl groups is 1. The lowest BCUT2D eigenvalue weighted by Gasteiger charge is -2.04. The number of phenols is 1. The summed E-state index contributed by atoms with van der Waals surface area (Å²) in [4.78, 5) is 11.3. The third kappa shape index (κ3) is 5.57. The van der Waals surface area contributed by atoms with E-state index >= 15 is 0 Å². The second-order valence-electron chi connectivity index (χ2n) is 5.71. The number of rotatable bonds is 7. The minimum atomic E-state index is -0.375. The summed E-state index contributed by atoms with van der Waals surface area (Å²) in [6.07, 6.45) is 1.49. The number of azo groups is 1. The van der Waals surface area contributed by atoms with Crippen LogP contribution in [0.5, 0.6) is 5.75 Å². The van der Waals surface area contributed by atoms with Crippen LogP contribution in [0.4, 0.5) is 11.4 Å². The van der Waals surface area contributed by atoms with Crippen LogP contribution in [0.1, 0.15) is 25.0 Å². The van der Waals surface area contributed by atoms with E-state index < -0.39 is 0 Å². The fourth-order valence-electron chi connectivity index (χ4n) is 2.09. The molecule has 130 valence electrons. The SMILES string of the molecule is C=C(C)C(=O)OCCc1ccc(N=Nc2cc(CC)ccc2O)cc1. The molecule has 0 bridgehead atoms. The predicted molar refractivity (Wildman–Crippen MR) is 97.6 cm³/mol. The van der Waals surface area contributed by atoms with E-state index in [0.29, 0.717) is 30.0 Å². The van der Waals surface area contributed by atoms with Gasteiger partial charge in [0.05, 0.1) is 12.3 Å². The fourth-order valence-corrected chi connectivity index (χ4v) is 2.09. The van der Waals surface area contributed by atoms with Crippen LogP contribution in [0.2, 0.25) is 0 Å². The van der Waals surface area contributed by atoms with Crippen LogP contribution in [-0.4, -0.2) is 17.7 Å². The molecular formula is C20H22N2O3. The average Bonchev–Trinajstić information content (AvgIpc) is 2.62. The molecule has 0 spiro atoms. The second-order valence-corrected chi connectivity index (χ2v) is 5.71. The topological polar surface area (TPSA) is 71.2 Å². The molecule has 0 aliphatic rings. The molecule has 5 nitrogen and oxygen atoms in total. The molecule has 0 aromatic heterocycles. The Balaban J connectivity index is 1.96. The number of carbonyl (C=O) groups excluding carboxylic acids is 1. The van der Waals surface area contributed by atoms with Crippen molar-refractivity contribution in [2.45, 2.75) is 26.7 Å². The van der Waals surface area contributed by atoms with Gasteiger partial charge < -0.3 is 9.84 Å². The Morgan fingerprint density at radius 2 is 1.80 bits per heavy atom. The van der Waals surface area contributed by atoms with E-state index in [9.17, 15) is 9.90 Å². The third-order valence-corrected chi connectivity index (χ3v) is 3.63. The van der Waals surface area contributed by atoms with Crippen LogP contribution in [-0.2, 0) is 22.4 Å². The zero-order valence-electron chi connectivity index (χ0n) is 14.5. The van der Waals surface area contributed by atoms with Crippen molar-refractivity contribution in [2.24, 2.45) is 10.2 Å². The highest BCUT2D eigenvalue weighted by molar-refractivity contribution is 5.86. The maximum atomic E-state index is 11.3. The summed E-state index contributed by atoms with van der Waals surface area (Å²) in [5.74, 6) is -0.267. The van der Waals surface area contributed by atoms with Gasteiger partial charge in [-0.1, -0.05) is 31.7 Å². The van der Waals surface area contributed by atoms with Crippen molar-refractivity contribution in [3.05, 3.63) is 65.7 Å². The van der Waals surface area contributed by atoms with Gasteiger partial charge in [0.1, 0.15) is 11.4 Å². The molecule has 5 heteroatoms. The molecule has 0 unspecified atom stereocenters. The molecule has 0 amide bonds. The average molecular weight is 338 g/mol. The van der Waals surface area contributed by atoms with E-state index in [1.807, 2.05) is 43.3 Å². The van der Waals surface area contributed by atoms with Crippen molar-refractivity contribution >= 4 is 17.3 Å². The number of aryl methyl sites for hydroxylation is 1. The smallest absolute Gasteiger partial charge is 0.333 e. The van der Waals surface area contributed by atoms with Crippen molar-refractivity contribution < 1.29 is 14.6 Å². The Morgan fingerprint density at radius 3 is 2.44 bits per heavy atom. The van der Waals surface area contributed by atoms with E-state index in [0.717, 1.165) is 17.5 Å². The van der Waals surface area contributed by atoms with Crippen molar-refractivity contribution in [1.29, 1.82) is 0 Å². The summed E-state index contributed by atoms with van der Waals surface area (Å²) in [6, 6.07) is 12.8. The first kappa shape index (κ1) is 18.4. The van der Waals surface area contributed by atoms with Gasteiger partial charge in [0.2, 0.25) is 0 Å². The summed E-state index contributed by atoms with van der Waals surface area (Å²) in [5, 5.41) is 18.1. The number of ether oxygens (including phenoxy) is 1. The number of hydrogen-bond acceptors (Lipinski definition) is 5. The van der Waals surface area contributed by atoms with Crippen LogP contribution < -0.4 is 0 Å². The summed E-state index contributed by atoms with van der Waals surface area (Å²) in [5.41, 5.74) is 3.65. The van der Waals surface area contributed by atoms with Crippen molar-refractivity contribution in [1.82, 2.24) is 0 Å². The second kappa shape index (κ2) is 8.78. The molecular weight excluding hydrogens is 316 g/mol. The molecule has 0 fully saturated rings. The number of phenolic OH excluding ortho intramolecular Hbond substituents is 1. The molecule has 2 rings (SSSR count). The summed E-state index contributed by atoms with van der Waals surface area (Å²) in [6.45, 7) is 7.51. The van der Waals surface area contributed by atoms with Gasteiger partial charge in [-0.25, -0.2) is 4.79 Å². The number of hydrogen-bond donors (Lipinski definition) is 1. The first-order valence-corrected chi connectivity index (χ1v) is 8.14. The maximum Gasteiger partial charge on any atom is 0.333 e. The highest BCUT2D eigenvalue weighted by atomic mass is 16.5. The minimum absolute atomic E-state index is 0.108. The quantitative estimate of drug-likeness (QED) is 0.437. The first-order valence-electron chi connectivity index (χ1n) is 8.14. The Hall–Kier alpha value is -2.95. The predicted octanol–water partition coefficient (Wildman–Crippen LogP) is 5.03. The van der Waals surface area contributed by atoms with Crippen LogP contribution in [0, 0.1) is 0 Å². The minimum Gasteiger partial charge on any atom is -0.506 e. The van der Waals surface area contributed by atoms with Gasteiger partial charge in [-0.2, -0.15) is 5.11 Å². The molecule has 2 aromatic rings. The lowest BCUT2D eigenvalue weighted by molar-refractivity contribution is -0.138. The van der Waals surface area contributed by atoms with Crippen LogP contribution in [0.25, 0.3) is 0 Å².